The lowest BCUT2D eigenvalue weighted by atomic mass is 10.2. The van der Waals surface area contributed by atoms with Crippen molar-refractivity contribution >= 4 is 28.5 Å². The standard InChI is InChI=1S/C16H16ClN5O2/c1-20(8-11-5-3-4-6-13(11)17)14(23)9-22-10-18-15-12(16(22)24)7-19-21(15)2/h3-7,10H,8-9H2,1-2H3. The molecular weight excluding hydrogens is 330 g/mol. The average Bonchev–Trinajstić information content (AvgIpc) is 2.94. The van der Waals surface area contributed by atoms with Crippen molar-refractivity contribution in [2.75, 3.05) is 7.05 Å². The molecule has 2 aromatic heterocycles. The topological polar surface area (TPSA) is 73.0 Å². The molecule has 0 aliphatic heterocycles. The molecule has 0 aliphatic rings. The summed E-state index contributed by atoms with van der Waals surface area (Å²) in [6.45, 7) is 0.285. The summed E-state index contributed by atoms with van der Waals surface area (Å²) in [4.78, 5) is 30.5. The number of amides is 1. The SMILES string of the molecule is CN(Cc1ccccc1Cl)C(=O)Cn1cnc2c(cnn2C)c1=O. The van der Waals surface area contributed by atoms with E-state index in [4.69, 9.17) is 11.6 Å². The second-order valence-corrected chi connectivity index (χ2v) is 5.93. The van der Waals surface area contributed by atoms with Gasteiger partial charge in [0.05, 0.1) is 6.20 Å². The molecule has 1 amide bonds. The van der Waals surface area contributed by atoms with Gasteiger partial charge in [-0.25, -0.2) is 4.98 Å². The maximum absolute atomic E-state index is 12.4. The van der Waals surface area contributed by atoms with E-state index < -0.39 is 0 Å². The van der Waals surface area contributed by atoms with E-state index in [0.29, 0.717) is 22.6 Å². The number of rotatable bonds is 4. The van der Waals surface area contributed by atoms with Gasteiger partial charge in [0.25, 0.3) is 5.56 Å². The number of nitrogens with zero attached hydrogens (tertiary/aromatic N) is 5. The zero-order valence-corrected chi connectivity index (χ0v) is 14.1. The minimum atomic E-state index is -0.285. The van der Waals surface area contributed by atoms with Crippen LogP contribution in [0.5, 0.6) is 0 Å². The number of benzene rings is 1. The smallest absolute Gasteiger partial charge is 0.264 e. The molecule has 0 unspecified atom stereocenters. The van der Waals surface area contributed by atoms with Gasteiger partial charge in [-0.15, -0.1) is 0 Å². The summed E-state index contributed by atoms with van der Waals surface area (Å²) >= 11 is 6.11. The summed E-state index contributed by atoms with van der Waals surface area (Å²) in [6.07, 6.45) is 2.83. The summed E-state index contributed by atoms with van der Waals surface area (Å²) in [5.74, 6) is -0.206. The molecule has 3 aromatic rings. The molecule has 0 N–H and O–H groups in total. The van der Waals surface area contributed by atoms with Crippen LogP contribution in [0.3, 0.4) is 0 Å². The number of aryl methyl sites for hydroxylation is 1. The molecule has 0 saturated heterocycles. The van der Waals surface area contributed by atoms with Crippen LogP contribution in [-0.2, 0) is 24.9 Å². The molecule has 3 rings (SSSR count). The molecule has 0 radical (unpaired) electrons. The van der Waals surface area contributed by atoms with Gasteiger partial charge in [-0.1, -0.05) is 29.8 Å². The summed E-state index contributed by atoms with van der Waals surface area (Å²) in [5, 5.41) is 5.00. The van der Waals surface area contributed by atoms with E-state index in [-0.39, 0.29) is 18.0 Å². The van der Waals surface area contributed by atoms with E-state index in [1.807, 2.05) is 18.2 Å². The highest BCUT2D eigenvalue weighted by atomic mass is 35.5. The van der Waals surface area contributed by atoms with Crippen molar-refractivity contribution in [2.24, 2.45) is 7.05 Å². The van der Waals surface area contributed by atoms with Crippen molar-refractivity contribution in [1.82, 2.24) is 24.2 Å². The van der Waals surface area contributed by atoms with Gasteiger partial charge in [0.1, 0.15) is 18.3 Å². The van der Waals surface area contributed by atoms with Gasteiger partial charge in [-0.3, -0.25) is 18.8 Å². The van der Waals surface area contributed by atoms with Gasteiger partial charge in [-0.05, 0) is 11.6 Å². The molecule has 1 aromatic carbocycles. The van der Waals surface area contributed by atoms with Crippen LogP contribution in [0.4, 0.5) is 0 Å². The van der Waals surface area contributed by atoms with Crippen LogP contribution in [-0.4, -0.2) is 37.2 Å². The summed E-state index contributed by atoms with van der Waals surface area (Å²) in [7, 11) is 3.38. The Morgan fingerprint density at radius 2 is 2.08 bits per heavy atom. The average molecular weight is 346 g/mol. The van der Waals surface area contributed by atoms with E-state index in [1.54, 1.807) is 20.2 Å². The first-order chi connectivity index (χ1) is 11.5. The molecule has 0 aliphatic carbocycles. The molecule has 0 fully saturated rings. The van der Waals surface area contributed by atoms with Crippen molar-refractivity contribution < 1.29 is 4.79 Å². The molecule has 2 heterocycles. The number of carbonyl (C=O) groups is 1. The maximum Gasteiger partial charge on any atom is 0.264 e. The Morgan fingerprint density at radius 1 is 1.33 bits per heavy atom. The van der Waals surface area contributed by atoms with Gasteiger partial charge in [-0.2, -0.15) is 5.10 Å². The molecule has 0 atom stereocenters. The third-order valence-electron chi connectivity index (χ3n) is 3.81. The highest BCUT2D eigenvalue weighted by molar-refractivity contribution is 6.31. The molecule has 0 spiro atoms. The third kappa shape index (κ3) is 3.03. The van der Waals surface area contributed by atoms with E-state index >= 15 is 0 Å². The van der Waals surface area contributed by atoms with Crippen molar-refractivity contribution in [3.8, 4) is 0 Å². The number of aromatic nitrogens is 4. The first-order valence-corrected chi connectivity index (χ1v) is 7.69. The number of carbonyl (C=O) groups excluding carboxylic acids is 1. The number of hydrogen-bond donors (Lipinski definition) is 0. The second kappa shape index (κ2) is 6.45. The second-order valence-electron chi connectivity index (χ2n) is 5.52. The first-order valence-electron chi connectivity index (χ1n) is 7.32. The van der Waals surface area contributed by atoms with Crippen molar-refractivity contribution in [2.45, 2.75) is 13.1 Å². The monoisotopic (exact) mass is 345 g/mol. The van der Waals surface area contributed by atoms with Gasteiger partial charge in [0.15, 0.2) is 5.65 Å². The Bertz CT molecular complexity index is 963. The maximum atomic E-state index is 12.4. The predicted molar refractivity (Wildman–Crippen MR) is 90.7 cm³/mol. The Kier molecular flexibility index (Phi) is 4.35. The molecule has 8 heteroatoms. The molecular formula is C16H16ClN5O2. The predicted octanol–water partition coefficient (Wildman–Crippen LogP) is 1.44. The van der Waals surface area contributed by atoms with Crippen LogP contribution in [0.1, 0.15) is 5.56 Å². The van der Waals surface area contributed by atoms with Crippen LogP contribution in [0.15, 0.2) is 41.6 Å². The Morgan fingerprint density at radius 3 is 2.83 bits per heavy atom. The lowest BCUT2D eigenvalue weighted by Crippen LogP contribution is -2.33. The number of hydrogen-bond acceptors (Lipinski definition) is 4. The summed E-state index contributed by atoms with van der Waals surface area (Å²) in [6, 6.07) is 7.34. The molecule has 7 nitrogen and oxygen atoms in total. The van der Waals surface area contributed by atoms with Crippen molar-refractivity contribution in [3.05, 3.63) is 57.7 Å². The van der Waals surface area contributed by atoms with Gasteiger partial charge in [0.2, 0.25) is 5.91 Å². The third-order valence-corrected chi connectivity index (χ3v) is 4.18. The largest absolute Gasteiger partial charge is 0.340 e. The Balaban J connectivity index is 1.78. The lowest BCUT2D eigenvalue weighted by molar-refractivity contribution is -0.131. The molecule has 0 saturated carbocycles. The fourth-order valence-electron chi connectivity index (χ4n) is 2.42. The number of fused-ring (bicyclic) bond motifs is 1. The molecule has 24 heavy (non-hydrogen) atoms. The zero-order chi connectivity index (χ0) is 17.3. The fraction of sp³-hybridized carbons (Fsp3) is 0.250. The Hall–Kier alpha value is -2.67. The van der Waals surface area contributed by atoms with Crippen molar-refractivity contribution in [3.63, 3.8) is 0 Å². The fourth-order valence-corrected chi connectivity index (χ4v) is 2.61. The minimum Gasteiger partial charge on any atom is -0.340 e. The van der Waals surface area contributed by atoms with E-state index in [1.165, 1.54) is 26.7 Å². The normalized spacial score (nSPS) is 11.0. The highest BCUT2D eigenvalue weighted by Gasteiger charge is 2.14. The van der Waals surface area contributed by atoms with Gasteiger partial charge >= 0.3 is 0 Å². The number of likely N-dealkylation sites (N-methyl/N-ethyl adjacent to an activating group) is 1. The van der Waals surface area contributed by atoms with Crippen LogP contribution in [0.25, 0.3) is 11.0 Å². The Labute approximate surface area is 143 Å². The van der Waals surface area contributed by atoms with Gasteiger partial charge < -0.3 is 4.90 Å². The number of halogens is 1. The summed E-state index contributed by atoms with van der Waals surface area (Å²) in [5.41, 5.74) is 1.06. The first kappa shape index (κ1) is 16.2. The van der Waals surface area contributed by atoms with E-state index in [0.717, 1.165) is 5.56 Å². The molecule has 0 bridgehead atoms. The lowest BCUT2D eigenvalue weighted by Gasteiger charge is -2.18. The van der Waals surface area contributed by atoms with Crippen LogP contribution in [0.2, 0.25) is 5.02 Å². The van der Waals surface area contributed by atoms with Crippen molar-refractivity contribution in [1.29, 1.82) is 0 Å². The van der Waals surface area contributed by atoms with Crippen LogP contribution >= 0.6 is 11.6 Å². The van der Waals surface area contributed by atoms with E-state index in [9.17, 15) is 9.59 Å². The summed E-state index contributed by atoms with van der Waals surface area (Å²) < 4.78 is 2.81. The quantitative estimate of drug-likeness (QED) is 0.717. The van der Waals surface area contributed by atoms with Gasteiger partial charge in [0, 0.05) is 25.7 Å². The van der Waals surface area contributed by atoms with Crippen LogP contribution in [0, 0.1) is 0 Å². The minimum absolute atomic E-state index is 0.0857. The highest BCUT2D eigenvalue weighted by Crippen LogP contribution is 2.16. The van der Waals surface area contributed by atoms with Crippen LogP contribution < -0.4 is 5.56 Å². The zero-order valence-electron chi connectivity index (χ0n) is 13.3. The molecule has 124 valence electrons. The van der Waals surface area contributed by atoms with E-state index in [2.05, 4.69) is 10.1 Å².